The van der Waals surface area contributed by atoms with E-state index in [1.165, 1.54) is 6.20 Å². The van der Waals surface area contributed by atoms with Gasteiger partial charge in [0.25, 0.3) is 0 Å². The number of anilines is 1. The van der Waals surface area contributed by atoms with E-state index in [2.05, 4.69) is 10.3 Å². The van der Waals surface area contributed by atoms with Gasteiger partial charge in [-0.2, -0.15) is 0 Å². The molecule has 6 heteroatoms. The number of amides is 1. The number of likely N-dealkylation sites (tertiary alicyclic amines) is 1. The van der Waals surface area contributed by atoms with Crippen LogP contribution in [0.15, 0.2) is 12.3 Å². The van der Waals surface area contributed by atoms with E-state index in [1.807, 2.05) is 4.90 Å². The van der Waals surface area contributed by atoms with Gasteiger partial charge in [-0.3, -0.25) is 9.78 Å². The Morgan fingerprint density at radius 1 is 1.40 bits per heavy atom. The number of hydrogen-bond acceptors (Lipinski definition) is 4. The highest BCUT2D eigenvalue weighted by Crippen LogP contribution is 2.16. The van der Waals surface area contributed by atoms with Gasteiger partial charge in [0.2, 0.25) is 5.91 Å². The minimum Gasteiger partial charge on any atom is -0.478 e. The summed E-state index contributed by atoms with van der Waals surface area (Å²) in [7, 11) is 0. The molecule has 0 atom stereocenters. The molecule has 108 valence electrons. The van der Waals surface area contributed by atoms with Crippen LogP contribution in [-0.4, -0.2) is 46.5 Å². The predicted octanol–water partition coefficient (Wildman–Crippen LogP) is 1.51. The van der Waals surface area contributed by atoms with E-state index in [0.717, 1.165) is 31.6 Å². The van der Waals surface area contributed by atoms with Crippen molar-refractivity contribution in [2.75, 3.05) is 25.0 Å². The first-order chi connectivity index (χ1) is 9.58. The summed E-state index contributed by atoms with van der Waals surface area (Å²) in [5.74, 6) is -0.900. The van der Waals surface area contributed by atoms with Crippen molar-refractivity contribution in [2.45, 2.75) is 26.2 Å². The number of aromatic nitrogens is 1. The molecule has 0 unspecified atom stereocenters. The Morgan fingerprint density at radius 2 is 2.10 bits per heavy atom. The number of aryl methyl sites for hydroxylation is 1. The second-order valence-electron chi connectivity index (χ2n) is 4.94. The van der Waals surface area contributed by atoms with Crippen LogP contribution in [0.25, 0.3) is 0 Å². The first-order valence-electron chi connectivity index (χ1n) is 6.79. The van der Waals surface area contributed by atoms with Crippen LogP contribution in [0.2, 0.25) is 0 Å². The Labute approximate surface area is 117 Å². The van der Waals surface area contributed by atoms with Crippen molar-refractivity contribution in [1.82, 2.24) is 9.88 Å². The molecule has 6 nitrogen and oxygen atoms in total. The maximum atomic E-state index is 11.9. The first kappa shape index (κ1) is 14.3. The molecule has 1 aromatic heterocycles. The van der Waals surface area contributed by atoms with Crippen molar-refractivity contribution in [2.24, 2.45) is 0 Å². The van der Waals surface area contributed by atoms with Crippen molar-refractivity contribution in [3.63, 3.8) is 0 Å². The standard InChI is InChI=1S/C14H19N3O3/c1-10-8-12(11(9-16-10)14(19)20)15-5-4-13(18)17-6-2-3-7-17/h8-9H,2-7H2,1H3,(H,15,16)(H,19,20). The highest BCUT2D eigenvalue weighted by molar-refractivity contribution is 5.94. The van der Waals surface area contributed by atoms with Crippen LogP contribution in [-0.2, 0) is 4.79 Å². The lowest BCUT2D eigenvalue weighted by atomic mass is 10.2. The normalized spacial score (nSPS) is 14.3. The Bertz CT molecular complexity index is 510. The molecule has 1 aliphatic heterocycles. The van der Waals surface area contributed by atoms with E-state index >= 15 is 0 Å². The number of hydrogen-bond donors (Lipinski definition) is 2. The van der Waals surface area contributed by atoms with E-state index in [0.29, 0.717) is 18.7 Å². The smallest absolute Gasteiger partial charge is 0.339 e. The summed E-state index contributed by atoms with van der Waals surface area (Å²) < 4.78 is 0. The van der Waals surface area contributed by atoms with Gasteiger partial charge in [0, 0.05) is 37.9 Å². The number of carbonyl (C=O) groups excluding carboxylic acids is 1. The Balaban J connectivity index is 1.91. The molecule has 2 N–H and O–H groups in total. The molecule has 0 saturated carbocycles. The van der Waals surface area contributed by atoms with Gasteiger partial charge in [0.05, 0.1) is 5.69 Å². The molecule has 1 fully saturated rings. The number of nitrogens with one attached hydrogen (secondary N) is 1. The number of pyridine rings is 1. The fourth-order valence-electron chi connectivity index (χ4n) is 2.31. The highest BCUT2D eigenvalue weighted by Gasteiger charge is 2.17. The van der Waals surface area contributed by atoms with E-state index in [9.17, 15) is 9.59 Å². The summed E-state index contributed by atoms with van der Waals surface area (Å²) in [4.78, 5) is 28.8. The van der Waals surface area contributed by atoms with Gasteiger partial charge in [0.15, 0.2) is 0 Å². The lowest BCUT2D eigenvalue weighted by Crippen LogP contribution is -2.29. The first-order valence-corrected chi connectivity index (χ1v) is 6.79. The van der Waals surface area contributed by atoms with Crippen LogP contribution >= 0.6 is 0 Å². The molecule has 20 heavy (non-hydrogen) atoms. The van der Waals surface area contributed by atoms with E-state index < -0.39 is 5.97 Å². The van der Waals surface area contributed by atoms with Gasteiger partial charge in [-0.15, -0.1) is 0 Å². The topological polar surface area (TPSA) is 82.5 Å². The SMILES string of the molecule is Cc1cc(NCCC(=O)N2CCCC2)c(C(=O)O)cn1. The Kier molecular flexibility index (Phi) is 4.55. The molecule has 0 spiro atoms. The number of carboxylic acids is 1. The number of rotatable bonds is 5. The molecule has 2 rings (SSSR count). The summed E-state index contributed by atoms with van der Waals surface area (Å²) >= 11 is 0. The van der Waals surface area contributed by atoms with Gasteiger partial charge < -0.3 is 15.3 Å². The zero-order valence-corrected chi connectivity index (χ0v) is 11.6. The van der Waals surface area contributed by atoms with E-state index in [1.54, 1.807) is 13.0 Å². The molecule has 1 aliphatic rings. The average Bonchev–Trinajstić information content (AvgIpc) is 2.92. The monoisotopic (exact) mass is 277 g/mol. The second kappa shape index (κ2) is 6.36. The zero-order chi connectivity index (χ0) is 14.5. The van der Waals surface area contributed by atoms with Crippen LogP contribution in [0.4, 0.5) is 5.69 Å². The van der Waals surface area contributed by atoms with Crippen LogP contribution < -0.4 is 5.32 Å². The third kappa shape index (κ3) is 3.46. The minimum atomic E-state index is -1.02. The van der Waals surface area contributed by atoms with Crippen LogP contribution in [0.1, 0.15) is 35.3 Å². The lowest BCUT2D eigenvalue weighted by Gasteiger charge is -2.16. The highest BCUT2D eigenvalue weighted by atomic mass is 16.4. The number of carboxylic acid groups (broad SMARTS) is 1. The van der Waals surface area contributed by atoms with Crippen molar-refractivity contribution in [3.05, 3.63) is 23.5 Å². The van der Waals surface area contributed by atoms with Gasteiger partial charge >= 0.3 is 5.97 Å². The Hall–Kier alpha value is -2.11. The fourth-order valence-corrected chi connectivity index (χ4v) is 2.31. The molecule has 1 aromatic rings. The van der Waals surface area contributed by atoms with Gasteiger partial charge in [-0.25, -0.2) is 4.79 Å². The molecular weight excluding hydrogens is 258 g/mol. The van der Waals surface area contributed by atoms with Gasteiger partial charge in [-0.05, 0) is 25.8 Å². The summed E-state index contributed by atoms with van der Waals surface area (Å²) in [5.41, 5.74) is 1.38. The number of carbonyl (C=O) groups is 2. The van der Waals surface area contributed by atoms with Crippen molar-refractivity contribution >= 4 is 17.6 Å². The third-order valence-corrected chi connectivity index (χ3v) is 3.38. The van der Waals surface area contributed by atoms with Crippen LogP contribution in [0.5, 0.6) is 0 Å². The maximum Gasteiger partial charge on any atom is 0.339 e. The zero-order valence-electron chi connectivity index (χ0n) is 11.6. The van der Waals surface area contributed by atoms with Crippen molar-refractivity contribution in [3.8, 4) is 0 Å². The summed E-state index contributed by atoms with van der Waals surface area (Å²) in [6.45, 7) is 3.91. The Morgan fingerprint density at radius 3 is 2.75 bits per heavy atom. The van der Waals surface area contributed by atoms with Crippen molar-refractivity contribution in [1.29, 1.82) is 0 Å². The molecular formula is C14H19N3O3. The second-order valence-corrected chi connectivity index (χ2v) is 4.94. The molecule has 0 bridgehead atoms. The fraction of sp³-hybridized carbons (Fsp3) is 0.500. The molecule has 2 heterocycles. The van der Waals surface area contributed by atoms with Gasteiger partial charge in [0.1, 0.15) is 5.56 Å². The summed E-state index contributed by atoms with van der Waals surface area (Å²) in [5, 5.41) is 12.1. The number of aromatic carboxylic acids is 1. The molecule has 0 aromatic carbocycles. The maximum absolute atomic E-state index is 11.9. The molecule has 0 aliphatic carbocycles. The molecule has 0 radical (unpaired) electrons. The summed E-state index contributed by atoms with van der Waals surface area (Å²) in [6, 6.07) is 1.68. The number of nitrogens with zero attached hydrogens (tertiary/aromatic N) is 2. The minimum absolute atomic E-state index is 0.123. The third-order valence-electron chi connectivity index (χ3n) is 3.38. The average molecular weight is 277 g/mol. The molecule has 1 saturated heterocycles. The largest absolute Gasteiger partial charge is 0.478 e. The quantitative estimate of drug-likeness (QED) is 0.852. The van der Waals surface area contributed by atoms with Crippen LogP contribution in [0.3, 0.4) is 0 Å². The predicted molar refractivity (Wildman–Crippen MR) is 74.9 cm³/mol. The van der Waals surface area contributed by atoms with E-state index in [-0.39, 0.29) is 11.5 Å². The lowest BCUT2D eigenvalue weighted by molar-refractivity contribution is -0.129. The molecule has 1 amide bonds. The van der Waals surface area contributed by atoms with Crippen LogP contribution in [0, 0.1) is 6.92 Å². The van der Waals surface area contributed by atoms with Crippen molar-refractivity contribution < 1.29 is 14.7 Å². The van der Waals surface area contributed by atoms with Gasteiger partial charge in [-0.1, -0.05) is 0 Å². The van der Waals surface area contributed by atoms with E-state index in [4.69, 9.17) is 5.11 Å². The summed E-state index contributed by atoms with van der Waals surface area (Å²) in [6.07, 6.45) is 3.86.